The summed E-state index contributed by atoms with van der Waals surface area (Å²) in [5.41, 5.74) is 4.40. The van der Waals surface area contributed by atoms with E-state index < -0.39 is 16.1 Å². The summed E-state index contributed by atoms with van der Waals surface area (Å²) in [6, 6.07) is 10.0. The predicted octanol–water partition coefficient (Wildman–Crippen LogP) is 2.64. The van der Waals surface area contributed by atoms with Gasteiger partial charge < -0.3 is 14.5 Å². The maximum Gasteiger partial charge on any atom is 0.241 e. The molecular weight excluding hydrogens is 414 g/mol. The first kappa shape index (κ1) is 23.1. The first-order valence-electron chi connectivity index (χ1n) is 10.4. The highest BCUT2D eigenvalue weighted by atomic mass is 32.2. The molecule has 0 aromatic heterocycles. The first-order valence-corrected chi connectivity index (χ1v) is 11.9. The summed E-state index contributed by atoms with van der Waals surface area (Å²) in [5, 5.41) is 0. The maximum atomic E-state index is 12.9. The Labute approximate surface area is 185 Å². The molecule has 0 aliphatic carbocycles. The predicted molar refractivity (Wildman–Crippen MR) is 122 cm³/mol. The molecule has 0 saturated carbocycles. The zero-order valence-electron chi connectivity index (χ0n) is 18.8. The van der Waals surface area contributed by atoms with Gasteiger partial charge in [-0.2, -0.15) is 4.72 Å². The topological polar surface area (TPSA) is 78.9 Å². The third kappa shape index (κ3) is 5.02. The normalized spacial score (nSPS) is 15.6. The molecule has 168 valence electrons. The number of carbonyl (C=O) groups excluding carboxylic acids is 1. The highest BCUT2D eigenvalue weighted by Gasteiger charge is 2.29. The summed E-state index contributed by atoms with van der Waals surface area (Å²) in [7, 11) is -2.28. The van der Waals surface area contributed by atoms with E-state index >= 15 is 0 Å². The van der Waals surface area contributed by atoms with E-state index in [1.165, 1.54) is 30.0 Å². The van der Waals surface area contributed by atoms with Gasteiger partial charge in [-0.3, -0.25) is 4.79 Å². The van der Waals surface area contributed by atoms with Crippen LogP contribution in [0, 0.1) is 20.8 Å². The van der Waals surface area contributed by atoms with Crippen LogP contribution in [0.25, 0.3) is 0 Å². The smallest absolute Gasteiger partial charge is 0.241 e. The number of aryl methyl sites for hydroxylation is 2. The standard InChI is InChI=1S/C23H31N3O4S/c1-16-7-6-8-21(18(16)3)25-11-13-26(14-12-25)23(27)19(4)24-31(28,29)20-9-10-22(30-5)17(2)15-20/h6-10,15,19,24H,11-14H2,1-5H3/t19-/m1/s1. The number of piperazine rings is 1. The molecule has 1 aliphatic rings. The Balaban J connectivity index is 1.63. The van der Waals surface area contributed by atoms with Crippen LogP contribution in [0.3, 0.4) is 0 Å². The molecule has 1 N–H and O–H groups in total. The molecule has 1 amide bonds. The van der Waals surface area contributed by atoms with E-state index in [1.807, 2.05) is 6.07 Å². The van der Waals surface area contributed by atoms with Crippen LogP contribution >= 0.6 is 0 Å². The minimum Gasteiger partial charge on any atom is -0.496 e. The van der Waals surface area contributed by atoms with Crippen LogP contribution < -0.4 is 14.4 Å². The number of benzene rings is 2. The van der Waals surface area contributed by atoms with Gasteiger partial charge in [0, 0.05) is 31.9 Å². The minimum absolute atomic E-state index is 0.116. The van der Waals surface area contributed by atoms with Gasteiger partial charge in [0.1, 0.15) is 5.75 Å². The zero-order chi connectivity index (χ0) is 22.8. The first-order chi connectivity index (χ1) is 14.6. The lowest BCUT2D eigenvalue weighted by atomic mass is 10.1. The second-order valence-electron chi connectivity index (χ2n) is 8.01. The Morgan fingerprint density at radius 1 is 1.03 bits per heavy atom. The van der Waals surface area contributed by atoms with Crippen LogP contribution in [-0.2, 0) is 14.8 Å². The molecule has 3 rings (SSSR count). The van der Waals surface area contributed by atoms with E-state index in [2.05, 4.69) is 35.6 Å². The van der Waals surface area contributed by atoms with Crippen molar-refractivity contribution in [3.63, 3.8) is 0 Å². The van der Waals surface area contributed by atoms with Crippen LogP contribution in [-0.4, -0.2) is 58.6 Å². The number of hydrogen-bond acceptors (Lipinski definition) is 5. The van der Waals surface area contributed by atoms with E-state index in [4.69, 9.17) is 4.74 Å². The average Bonchev–Trinajstić information content (AvgIpc) is 2.75. The van der Waals surface area contributed by atoms with E-state index in [0.717, 1.165) is 0 Å². The molecule has 7 nitrogen and oxygen atoms in total. The van der Waals surface area contributed by atoms with Crippen LogP contribution in [0.15, 0.2) is 41.3 Å². The third-order valence-corrected chi connectivity index (χ3v) is 7.43. The number of ether oxygens (including phenoxy) is 1. The SMILES string of the molecule is COc1ccc(S(=O)(=O)N[C@H](C)C(=O)N2CCN(c3cccc(C)c3C)CC2)cc1C. The van der Waals surface area contributed by atoms with Crippen molar-refractivity contribution < 1.29 is 17.9 Å². The molecule has 2 aromatic rings. The van der Waals surface area contributed by atoms with Crippen molar-refractivity contribution in [3.8, 4) is 5.75 Å². The van der Waals surface area contributed by atoms with Crippen molar-refractivity contribution in [1.82, 2.24) is 9.62 Å². The minimum atomic E-state index is -3.82. The fourth-order valence-electron chi connectivity index (χ4n) is 3.89. The van der Waals surface area contributed by atoms with Gasteiger partial charge in [0.2, 0.25) is 15.9 Å². The van der Waals surface area contributed by atoms with Gasteiger partial charge in [-0.1, -0.05) is 12.1 Å². The number of rotatable bonds is 6. The lowest BCUT2D eigenvalue weighted by Crippen LogP contribution is -2.54. The van der Waals surface area contributed by atoms with Gasteiger partial charge >= 0.3 is 0 Å². The van der Waals surface area contributed by atoms with E-state index in [9.17, 15) is 13.2 Å². The summed E-state index contributed by atoms with van der Waals surface area (Å²) >= 11 is 0. The van der Waals surface area contributed by atoms with Crippen molar-refractivity contribution >= 4 is 21.6 Å². The van der Waals surface area contributed by atoms with Gasteiger partial charge in [0.25, 0.3) is 0 Å². The fraction of sp³-hybridized carbons (Fsp3) is 0.435. The Morgan fingerprint density at radius 3 is 2.32 bits per heavy atom. The summed E-state index contributed by atoms with van der Waals surface area (Å²) in [6.45, 7) is 10.1. The molecule has 1 saturated heterocycles. The van der Waals surface area contributed by atoms with Crippen molar-refractivity contribution in [2.45, 2.75) is 38.6 Å². The molecule has 0 bridgehead atoms. The van der Waals surface area contributed by atoms with Gasteiger partial charge in [0.15, 0.2) is 0 Å². The Bertz CT molecular complexity index is 1060. The highest BCUT2D eigenvalue weighted by Crippen LogP contribution is 2.24. The Kier molecular flexibility index (Phi) is 6.91. The summed E-state index contributed by atoms with van der Waals surface area (Å²) < 4.78 is 33.2. The number of anilines is 1. The summed E-state index contributed by atoms with van der Waals surface area (Å²) in [5.74, 6) is 0.402. The molecule has 2 aromatic carbocycles. The second kappa shape index (κ2) is 9.28. The van der Waals surface area contributed by atoms with Gasteiger partial charge in [-0.15, -0.1) is 0 Å². The summed E-state index contributed by atoms with van der Waals surface area (Å²) in [4.78, 5) is 17.0. The molecule has 0 unspecified atom stereocenters. The van der Waals surface area contributed by atoms with Crippen molar-refractivity contribution in [2.24, 2.45) is 0 Å². The summed E-state index contributed by atoms with van der Waals surface area (Å²) in [6.07, 6.45) is 0. The molecule has 8 heteroatoms. The monoisotopic (exact) mass is 445 g/mol. The van der Waals surface area contributed by atoms with Crippen molar-refractivity contribution in [3.05, 3.63) is 53.1 Å². The van der Waals surface area contributed by atoms with Gasteiger partial charge in [-0.05, 0) is 68.7 Å². The fourth-order valence-corrected chi connectivity index (χ4v) is 5.17. The lowest BCUT2D eigenvalue weighted by molar-refractivity contribution is -0.132. The number of sulfonamides is 1. The number of nitrogens with one attached hydrogen (secondary N) is 1. The molecule has 0 radical (unpaired) electrons. The molecule has 1 heterocycles. The third-order valence-electron chi connectivity index (χ3n) is 5.89. The van der Waals surface area contributed by atoms with E-state index in [0.29, 0.717) is 37.5 Å². The lowest BCUT2D eigenvalue weighted by Gasteiger charge is -2.38. The van der Waals surface area contributed by atoms with Crippen LogP contribution in [0.5, 0.6) is 5.75 Å². The molecule has 0 spiro atoms. The van der Waals surface area contributed by atoms with Gasteiger partial charge in [0.05, 0.1) is 18.0 Å². The number of amides is 1. The molecule has 1 aliphatic heterocycles. The van der Waals surface area contributed by atoms with Crippen LogP contribution in [0.1, 0.15) is 23.6 Å². The molecule has 1 fully saturated rings. The quantitative estimate of drug-likeness (QED) is 0.740. The van der Waals surface area contributed by atoms with Crippen molar-refractivity contribution in [2.75, 3.05) is 38.2 Å². The Hall–Kier alpha value is -2.58. The van der Waals surface area contributed by atoms with Crippen LogP contribution in [0.2, 0.25) is 0 Å². The molecular formula is C23H31N3O4S. The number of nitrogens with zero attached hydrogens (tertiary/aromatic N) is 2. The van der Waals surface area contributed by atoms with Gasteiger partial charge in [-0.25, -0.2) is 8.42 Å². The second-order valence-corrected chi connectivity index (χ2v) is 9.72. The maximum absolute atomic E-state index is 12.9. The Morgan fingerprint density at radius 2 is 1.71 bits per heavy atom. The molecule has 1 atom stereocenters. The average molecular weight is 446 g/mol. The van der Waals surface area contributed by atoms with Crippen LogP contribution in [0.4, 0.5) is 5.69 Å². The highest BCUT2D eigenvalue weighted by molar-refractivity contribution is 7.89. The van der Waals surface area contributed by atoms with E-state index in [1.54, 1.807) is 30.9 Å². The number of carbonyl (C=O) groups is 1. The van der Waals surface area contributed by atoms with E-state index in [-0.39, 0.29) is 10.8 Å². The number of methoxy groups -OCH3 is 1. The zero-order valence-corrected chi connectivity index (χ0v) is 19.6. The largest absolute Gasteiger partial charge is 0.496 e. The van der Waals surface area contributed by atoms with Crippen molar-refractivity contribution in [1.29, 1.82) is 0 Å². The number of hydrogen-bond donors (Lipinski definition) is 1. The molecule has 31 heavy (non-hydrogen) atoms.